The van der Waals surface area contributed by atoms with Crippen LogP contribution in [0.2, 0.25) is 0 Å². The first-order chi connectivity index (χ1) is 28.0. The van der Waals surface area contributed by atoms with Gasteiger partial charge >= 0.3 is 0 Å². The van der Waals surface area contributed by atoms with Crippen molar-refractivity contribution in [1.82, 2.24) is 0 Å². The zero-order valence-corrected chi connectivity index (χ0v) is 39.9. The van der Waals surface area contributed by atoms with Gasteiger partial charge in [-0.3, -0.25) is 0 Å². The largest absolute Gasteiger partial charge is 0.507 e. The smallest absolute Gasteiger partial charge is 0.138 e. The number of benzene rings is 5. The predicted molar refractivity (Wildman–Crippen MR) is 251 cm³/mol. The second-order valence-electron chi connectivity index (χ2n) is 23.2. The number of rotatable bonds is 1. The van der Waals surface area contributed by atoms with Gasteiger partial charge < -0.3 is 24.8 Å². The summed E-state index contributed by atoms with van der Waals surface area (Å²) in [5.41, 5.74) is 13.3. The number of fused-ring (bicyclic) bond motifs is 6. The summed E-state index contributed by atoms with van der Waals surface area (Å²) in [5, 5.41) is 37.2. The van der Waals surface area contributed by atoms with Crippen LogP contribution < -0.4 is 9.47 Å². The molecule has 5 heteroatoms. The summed E-state index contributed by atoms with van der Waals surface area (Å²) in [6, 6.07) is 19.5. The lowest BCUT2D eigenvalue weighted by molar-refractivity contribution is 0.380. The fourth-order valence-electron chi connectivity index (χ4n) is 9.06. The molecule has 2 aliphatic rings. The van der Waals surface area contributed by atoms with Crippen molar-refractivity contribution in [2.24, 2.45) is 0 Å². The average Bonchev–Trinajstić information content (AvgIpc) is 3.12. The van der Waals surface area contributed by atoms with E-state index in [2.05, 4.69) is 158 Å². The monoisotopic (exact) mass is 823 g/mol. The Morgan fingerprint density at radius 3 is 0.951 bits per heavy atom. The molecule has 0 amide bonds. The van der Waals surface area contributed by atoms with E-state index in [1.54, 1.807) is 7.11 Å². The molecule has 324 valence electrons. The van der Waals surface area contributed by atoms with Crippen LogP contribution in [-0.2, 0) is 59.2 Å². The fraction of sp³-hybridized carbons (Fsp3) is 0.464. The van der Waals surface area contributed by atoms with Gasteiger partial charge in [0.2, 0.25) is 0 Å². The molecule has 5 aromatic carbocycles. The third kappa shape index (κ3) is 8.51. The zero-order valence-electron chi connectivity index (χ0n) is 39.9. The number of methoxy groups -OCH3 is 1. The average molecular weight is 823 g/mol. The van der Waals surface area contributed by atoms with Crippen LogP contribution in [0.3, 0.4) is 0 Å². The normalized spacial score (nSPS) is 14.6. The van der Waals surface area contributed by atoms with Gasteiger partial charge in [0.1, 0.15) is 34.5 Å². The van der Waals surface area contributed by atoms with Crippen molar-refractivity contribution in [2.45, 2.75) is 163 Å². The van der Waals surface area contributed by atoms with Gasteiger partial charge in [-0.1, -0.05) is 152 Å². The molecule has 5 aromatic rings. The molecule has 0 unspecified atom stereocenters. The first-order valence-electron chi connectivity index (χ1n) is 22.2. The number of phenols is 3. The van der Waals surface area contributed by atoms with E-state index in [-0.39, 0.29) is 44.3 Å². The molecule has 2 heterocycles. The quantitative estimate of drug-likeness (QED) is 0.154. The highest BCUT2D eigenvalue weighted by Crippen LogP contribution is 2.51. The number of aromatic hydroxyl groups is 3. The number of phenolic OH excluding ortho intramolecular Hbond substituents is 3. The van der Waals surface area contributed by atoms with E-state index in [4.69, 9.17) is 9.47 Å². The predicted octanol–water partition coefficient (Wildman–Crippen LogP) is 13.7. The summed E-state index contributed by atoms with van der Waals surface area (Å²) in [6.07, 6.45) is 2.17. The van der Waals surface area contributed by atoms with Gasteiger partial charge in [-0.05, 0) is 94.3 Å². The van der Waals surface area contributed by atoms with Gasteiger partial charge in [-0.15, -0.1) is 0 Å². The van der Waals surface area contributed by atoms with Crippen LogP contribution >= 0.6 is 0 Å². The summed E-state index contributed by atoms with van der Waals surface area (Å²) in [7, 11) is 1.75. The van der Waals surface area contributed by atoms with Gasteiger partial charge in [-0.2, -0.15) is 0 Å². The second-order valence-corrected chi connectivity index (χ2v) is 23.2. The maximum absolute atomic E-state index is 12.4. The lowest BCUT2D eigenvalue weighted by atomic mass is 9.78. The Morgan fingerprint density at radius 1 is 0.377 bits per heavy atom. The van der Waals surface area contributed by atoms with E-state index in [0.717, 1.165) is 95.1 Å². The van der Waals surface area contributed by atoms with Crippen molar-refractivity contribution in [3.63, 3.8) is 0 Å². The van der Waals surface area contributed by atoms with Gasteiger partial charge in [0.25, 0.3) is 0 Å². The summed E-state index contributed by atoms with van der Waals surface area (Å²) in [4.78, 5) is 0. The molecular weight excluding hydrogens is 753 g/mol. The lowest BCUT2D eigenvalue weighted by Gasteiger charge is -2.33. The molecule has 61 heavy (non-hydrogen) atoms. The van der Waals surface area contributed by atoms with Crippen LogP contribution in [0, 0.1) is 0 Å². The van der Waals surface area contributed by atoms with Crippen molar-refractivity contribution in [2.75, 3.05) is 7.11 Å². The molecule has 0 spiro atoms. The molecule has 7 rings (SSSR count). The third-order valence-electron chi connectivity index (χ3n) is 13.0. The SMILES string of the molecule is COc1c(C(C)(C)C)cc2c3c1Cc1cc(C(C)(C)C)cc(c1O3)Cc1cc(C(C)(C)C)cc(c1O)Cc1cc(C(C)(C)C)cc(c1O)Cc1cc(C(C)(C)C)cc(c1O)C2. The fourth-order valence-corrected chi connectivity index (χ4v) is 9.06. The Labute approximate surface area is 366 Å². The van der Waals surface area contributed by atoms with Gasteiger partial charge in [0.15, 0.2) is 0 Å². The van der Waals surface area contributed by atoms with Crippen molar-refractivity contribution < 1.29 is 24.8 Å². The van der Waals surface area contributed by atoms with Gasteiger partial charge in [-0.25, -0.2) is 0 Å². The van der Waals surface area contributed by atoms with Gasteiger partial charge in [0.05, 0.1) is 7.11 Å². The maximum Gasteiger partial charge on any atom is 0.138 e. The molecular formula is C56H70O5. The molecule has 5 nitrogen and oxygen atoms in total. The van der Waals surface area contributed by atoms with Crippen LogP contribution in [0.15, 0.2) is 54.6 Å². The summed E-state index contributed by atoms with van der Waals surface area (Å²) < 4.78 is 13.6. The molecule has 0 aliphatic carbocycles. The molecule has 0 atom stereocenters. The second kappa shape index (κ2) is 14.9. The minimum atomic E-state index is -0.247. The molecule has 0 aromatic heterocycles. The topological polar surface area (TPSA) is 79.2 Å². The summed E-state index contributed by atoms with van der Waals surface area (Å²) in [5.74, 6) is 3.07. The van der Waals surface area contributed by atoms with Gasteiger partial charge in [0, 0.05) is 54.4 Å². The van der Waals surface area contributed by atoms with Crippen molar-refractivity contribution in [3.8, 4) is 34.5 Å². The van der Waals surface area contributed by atoms with Crippen molar-refractivity contribution >= 4 is 0 Å². The van der Waals surface area contributed by atoms with Crippen molar-refractivity contribution in [1.29, 1.82) is 0 Å². The standard InChI is InChI=1S/C56H70O5/c1-52(2,3)40-21-31-17-33-23-41(53(4,5)6)25-35(47(33)58)19-37-27-43(55(10,11)12)28-39-29-44-50(61-49(37)39)38(30-45(51(44)60-16)56(13,14)15)20-36-26-42(54(7,8)9)24-34(48(36)59)18-32(22-40)46(31)57/h21-28,30,57-59H,17-20,29H2,1-16H3. The molecule has 0 fully saturated rings. The first kappa shape index (κ1) is 44.2. The number of hydrogen-bond donors (Lipinski definition) is 3. The van der Waals surface area contributed by atoms with E-state index in [0.29, 0.717) is 32.1 Å². The highest BCUT2D eigenvalue weighted by atomic mass is 16.5. The van der Waals surface area contributed by atoms with E-state index < -0.39 is 0 Å². The van der Waals surface area contributed by atoms with Crippen LogP contribution in [0.25, 0.3) is 0 Å². The van der Waals surface area contributed by atoms with Crippen LogP contribution in [0.5, 0.6) is 34.5 Å². The van der Waals surface area contributed by atoms with Crippen molar-refractivity contribution in [3.05, 3.63) is 138 Å². The van der Waals surface area contributed by atoms with Crippen LogP contribution in [0.1, 0.15) is 187 Å². The van der Waals surface area contributed by atoms with E-state index in [1.165, 1.54) is 5.56 Å². The van der Waals surface area contributed by atoms with Crippen LogP contribution in [0.4, 0.5) is 0 Å². The molecule has 8 bridgehead atoms. The van der Waals surface area contributed by atoms with E-state index >= 15 is 0 Å². The Hall–Kier alpha value is -4.90. The lowest BCUT2D eigenvalue weighted by Crippen LogP contribution is -2.19. The molecule has 0 saturated heterocycles. The number of ether oxygens (including phenoxy) is 2. The minimum Gasteiger partial charge on any atom is -0.507 e. The zero-order chi connectivity index (χ0) is 44.9. The minimum absolute atomic E-state index is 0.151. The van der Waals surface area contributed by atoms with E-state index in [1.807, 2.05) is 0 Å². The maximum atomic E-state index is 12.4. The third-order valence-corrected chi connectivity index (χ3v) is 13.0. The number of hydrogen-bond acceptors (Lipinski definition) is 5. The highest BCUT2D eigenvalue weighted by Gasteiger charge is 2.34. The molecule has 3 N–H and O–H groups in total. The molecule has 0 radical (unpaired) electrons. The summed E-state index contributed by atoms with van der Waals surface area (Å²) in [6.45, 7) is 33.2. The molecule has 0 saturated carbocycles. The first-order valence-corrected chi connectivity index (χ1v) is 22.2. The Kier molecular flexibility index (Phi) is 10.8. The Balaban J connectivity index is 1.61. The Bertz CT molecular complexity index is 2550. The Morgan fingerprint density at radius 2 is 0.656 bits per heavy atom. The van der Waals surface area contributed by atoms with Crippen LogP contribution in [-0.4, -0.2) is 22.4 Å². The highest BCUT2D eigenvalue weighted by molar-refractivity contribution is 5.66. The summed E-state index contributed by atoms with van der Waals surface area (Å²) >= 11 is 0. The molecule has 2 aliphatic heterocycles. The van der Waals surface area contributed by atoms with E-state index in [9.17, 15) is 15.3 Å².